The second-order valence-electron chi connectivity index (χ2n) is 5.58. The van der Waals surface area contributed by atoms with Gasteiger partial charge < -0.3 is 20.7 Å². The van der Waals surface area contributed by atoms with Crippen LogP contribution in [0.25, 0.3) is 0 Å². The summed E-state index contributed by atoms with van der Waals surface area (Å²) in [6, 6.07) is 7.77. The van der Waals surface area contributed by atoms with Crippen LogP contribution in [-0.2, 0) is 0 Å². The van der Waals surface area contributed by atoms with Crippen LogP contribution >= 0.6 is 12.4 Å². The number of halogens is 2. The summed E-state index contributed by atoms with van der Waals surface area (Å²) in [5, 5.41) is 3.39. The monoisotopic (exact) mass is 366 g/mol. The molecule has 3 N–H and O–H groups in total. The zero-order valence-electron chi connectivity index (χ0n) is 13.7. The fourth-order valence-electron chi connectivity index (χ4n) is 2.96. The number of piperazine rings is 1. The largest absolute Gasteiger partial charge is 0.496 e. The van der Waals surface area contributed by atoms with E-state index in [-0.39, 0.29) is 24.3 Å². The van der Waals surface area contributed by atoms with E-state index in [4.69, 9.17) is 10.5 Å². The average molecular weight is 367 g/mol. The van der Waals surface area contributed by atoms with Crippen LogP contribution in [0.4, 0.5) is 10.2 Å². The number of hydrogen-bond acceptors (Lipinski definition) is 5. The number of ether oxygens (including phenoxy) is 1. The summed E-state index contributed by atoms with van der Waals surface area (Å²) >= 11 is 0. The molecule has 1 atom stereocenters. The summed E-state index contributed by atoms with van der Waals surface area (Å²) in [6.45, 7) is 1.95. The number of methoxy groups -OCH3 is 1. The third-order valence-electron chi connectivity index (χ3n) is 4.10. The van der Waals surface area contributed by atoms with Gasteiger partial charge in [0.1, 0.15) is 17.4 Å². The smallest absolute Gasteiger partial charge is 0.252 e. The normalized spacial score (nSPS) is 16.9. The summed E-state index contributed by atoms with van der Waals surface area (Å²) < 4.78 is 18.7. The van der Waals surface area contributed by atoms with E-state index in [2.05, 4.69) is 10.3 Å². The molecule has 6 nitrogen and oxygen atoms in total. The van der Waals surface area contributed by atoms with Gasteiger partial charge in [-0.25, -0.2) is 9.37 Å². The minimum Gasteiger partial charge on any atom is -0.496 e. The molecular weight excluding hydrogens is 347 g/mol. The van der Waals surface area contributed by atoms with Crippen molar-refractivity contribution in [2.24, 2.45) is 5.73 Å². The number of carbonyl (C=O) groups is 1. The van der Waals surface area contributed by atoms with E-state index in [1.165, 1.54) is 19.2 Å². The van der Waals surface area contributed by atoms with Gasteiger partial charge in [0.05, 0.1) is 18.7 Å². The summed E-state index contributed by atoms with van der Waals surface area (Å²) in [6.07, 6.45) is 1.64. The Bertz CT molecular complexity index is 759. The van der Waals surface area contributed by atoms with Crippen LogP contribution in [-0.4, -0.2) is 37.6 Å². The maximum atomic E-state index is 13.4. The van der Waals surface area contributed by atoms with Crippen LogP contribution in [0.5, 0.6) is 5.75 Å². The Morgan fingerprint density at radius 1 is 1.44 bits per heavy atom. The number of hydrogen-bond donors (Lipinski definition) is 2. The molecule has 134 valence electrons. The lowest BCUT2D eigenvalue weighted by Crippen LogP contribution is -2.46. The molecule has 0 saturated carbocycles. The molecule has 8 heteroatoms. The van der Waals surface area contributed by atoms with Crippen molar-refractivity contribution in [2.45, 2.75) is 6.04 Å². The van der Waals surface area contributed by atoms with Crippen molar-refractivity contribution in [1.82, 2.24) is 10.3 Å². The minimum absolute atomic E-state index is 0. The molecule has 2 aromatic rings. The second kappa shape index (κ2) is 8.13. The highest BCUT2D eigenvalue weighted by atomic mass is 35.5. The molecule has 1 aromatic carbocycles. The van der Waals surface area contributed by atoms with Crippen LogP contribution in [0, 0.1) is 5.82 Å². The molecule has 0 aliphatic carbocycles. The van der Waals surface area contributed by atoms with Crippen molar-refractivity contribution >= 4 is 24.1 Å². The molecule has 25 heavy (non-hydrogen) atoms. The van der Waals surface area contributed by atoms with Gasteiger partial charge in [0, 0.05) is 37.5 Å². The van der Waals surface area contributed by atoms with Gasteiger partial charge in [-0.3, -0.25) is 4.79 Å². The van der Waals surface area contributed by atoms with Crippen molar-refractivity contribution in [3.63, 3.8) is 0 Å². The highest BCUT2D eigenvalue weighted by Crippen LogP contribution is 2.29. The molecule has 3 rings (SSSR count). The highest BCUT2D eigenvalue weighted by molar-refractivity contribution is 5.97. The van der Waals surface area contributed by atoms with Gasteiger partial charge in [-0.1, -0.05) is 6.07 Å². The van der Waals surface area contributed by atoms with Crippen molar-refractivity contribution in [1.29, 1.82) is 0 Å². The number of aromatic nitrogens is 1. The average Bonchev–Trinajstić information content (AvgIpc) is 2.61. The molecule has 2 heterocycles. The number of nitrogens with zero attached hydrogens (tertiary/aromatic N) is 2. The molecule has 1 aliphatic heterocycles. The van der Waals surface area contributed by atoms with Crippen LogP contribution in [0.2, 0.25) is 0 Å². The molecule has 1 aliphatic rings. The fraction of sp³-hybridized carbons (Fsp3) is 0.294. The maximum absolute atomic E-state index is 13.4. The summed E-state index contributed by atoms with van der Waals surface area (Å²) in [4.78, 5) is 18.0. The van der Waals surface area contributed by atoms with E-state index >= 15 is 0 Å². The zero-order valence-corrected chi connectivity index (χ0v) is 14.6. The number of benzene rings is 1. The lowest BCUT2D eigenvalue weighted by molar-refractivity contribution is 0.100. The summed E-state index contributed by atoms with van der Waals surface area (Å²) in [5.41, 5.74) is 6.70. The molecule has 1 unspecified atom stereocenters. The third-order valence-corrected chi connectivity index (χ3v) is 4.10. The van der Waals surface area contributed by atoms with Gasteiger partial charge in [0.2, 0.25) is 0 Å². The van der Waals surface area contributed by atoms with Crippen LogP contribution in [0.3, 0.4) is 0 Å². The molecule has 1 fully saturated rings. The summed E-state index contributed by atoms with van der Waals surface area (Å²) in [7, 11) is 1.52. The Labute approximate surface area is 151 Å². The predicted octanol–water partition coefficient (Wildman–Crippen LogP) is 1.90. The molecule has 0 radical (unpaired) electrons. The van der Waals surface area contributed by atoms with E-state index < -0.39 is 5.91 Å². The van der Waals surface area contributed by atoms with Crippen LogP contribution in [0.1, 0.15) is 22.0 Å². The predicted molar refractivity (Wildman–Crippen MR) is 95.9 cm³/mol. The minimum atomic E-state index is -0.507. The Hall–Kier alpha value is -2.38. The van der Waals surface area contributed by atoms with Gasteiger partial charge in [-0.05, 0) is 18.2 Å². The highest BCUT2D eigenvalue weighted by Gasteiger charge is 2.26. The van der Waals surface area contributed by atoms with Crippen LogP contribution < -0.4 is 20.7 Å². The van der Waals surface area contributed by atoms with Crippen molar-refractivity contribution in [3.05, 3.63) is 53.5 Å². The SMILES string of the molecule is COc1cc(F)ccc1C1CN(c2ncccc2C(N)=O)CCN1.Cl. The lowest BCUT2D eigenvalue weighted by Gasteiger charge is -2.35. The Morgan fingerprint density at radius 3 is 2.96 bits per heavy atom. The second-order valence-corrected chi connectivity index (χ2v) is 5.58. The number of primary amides is 1. The first-order valence-electron chi connectivity index (χ1n) is 7.66. The standard InChI is InChI=1S/C17H19FN4O2.ClH/c1-24-15-9-11(18)4-5-12(15)14-10-22(8-7-20-14)17-13(16(19)23)3-2-6-21-17;/h2-6,9,14,20H,7-8,10H2,1H3,(H2,19,23);1H. The molecule has 1 aromatic heterocycles. The maximum Gasteiger partial charge on any atom is 0.252 e. The number of amides is 1. The van der Waals surface area contributed by atoms with E-state index in [0.29, 0.717) is 36.8 Å². The van der Waals surface area contributed by atoms with E-state index in [0.717, 1.165) is 5.56 Å². The van der Waals surface area contributed by atoms with E-state index in [1.807, 2.05) is 4.90 Å². The quantitative estimate of drug-likeness (QED) is 0.863. The summed E-state index contributed by atoms with van der Waals surface area (Å²) in [5.74, 6) is 0.208. The molecule has 0 bridgehead atoms. The fourth-order valence-corrected chi connectivity index (χ4v) is 2.96. The molecule has 1 saturated heterocycles. The number of anilines is 1. The van der Waals surface area contributed by atoms with E-state index in [1.54, 1.807) is 24.4 Å². The molecular formula is C17H20ClFN4O2. The number of rotatable bonds is 4. The van der Waals surface area contributed by atoms with Crippen molar-refractivity contribution in [3.8, 4) is 5.75 Å². The van der Waals surface area contributed by atoms with Crippen molar-refractivity contribution < 1.29 is 13.9 Å². The van der Waals surface area contributed by atoms with Gasteiger partial charge in [-0.2, -0.15) is 0 Å². The Morgan fingerprint density at radius 2 is 2.24 bits per heavy atom. The Kier molecular flexibility index (Phi) is 6.17. The first kappa shape index (κ1) is 19.0. The lowest BCUT2D eigenvalue weighted by atomic mass is 10.0. The van der Waals surface area contributed by atoms with Crippen LogP contribution in [0.15, 0.2) is 36.5 Å². The number of nitrogens with two attached hydrogens (primary N) is 1. The first-order chi connectivity index (χ1) is 11.6. The first-order valence-corrected chi connectivity index (χ1v) is 7.66. The van der Waals surface area contributed by atoms with E-state index in [9.17, 15) is 9.18 Å². The molecule has 0 spiro atoms. The van der Waals surface area contributed by atoms with Gasteiger partial charge in [-0.15, -0.1) is 12.4 Å². The Balaban J connectivity index is 0.00000225. The van der Waals surface area contributed by atoms with Gasteiger partial charge in [0.15, 0.2) is 0 Å². The van der Waals surface area contributed by atoms with Gasteiger partial charge in [0.25, 0.3) is 5.91 Å². The third kappa shape index (κ3) is 4.00. The van der Waals surface area contributed by atoms with Crippen molar-refractivity contribution in [2.75, 3.05) is 31.6 Å². The topological polar surface area (TPSA) is 80.5 Å². The zero-order chi connectivity index (χ0) is 17.1. The number of nitrogens with one attached hydrogen (secondary N) is 1. The number of pyridine rings is 1. The van der Waals surface area contributed by atoms with Gasteiger partial charge >= 0.3 is 0 Å². The molecule has 1 amide bonds. The number of carbonyl (C=O) groups excluding carboxylic acids is 1.